The van der Waals surface area contributed by atoms with Crippen molar-refractivity contribution in [3.63, 3.8) is 0 Å². The van der Waals surface area contributed by atoms with E-state index in [0.29, 0.717) is 18.8 Å². The topological polar surface area (TPSA) is 47.6 Å². The summed E-state index contributed by atoms with van der Waals surface area (Å²) in [6.45, 7) is 0.942. The molecule has 27 heavy (non-hydrogen) atoms. The van der Waals surface area contributed by atoms with E-state index in [4.69, 9.17) is 9.47 Å². The Hall–Kier alpha value is -3.53. The maximum atomic E-state index is 12.2. The molecule has 0 saturated heterocycles. The molecule has 4 heteroatoms. The second-order valence-corrected chi connectivity index (χ2v) is 6.14. The molecule has 3 aromatic rings. The summed E-state index contributed by atoms with van der Waals surface area (Å²) in [5.74, 6) is 1.53. The monoisotopic (exact) mass is 357 g/mol. The van der Waals surface area contributed by atoms with E-state index in [2.05, 4.69) is 5.32 Å². The van der Waals surface area contributed by atoms with Crippen molar-refractivity contribution in [2.45, 2.75) is 0 Å². The van der Waals surface area contributed by atoms with Crippen LogP contribution in [0.3, 0.4) is 0 Å². The SMILES string of the molecule is O=C1Nc2ccccc2/C1=C\c1ccc(OCCOc2ccccc2)cc1. The first kappa shape index (κ1) is 16.9. The molecule has 0 bridgehead atoms. The van der Waals surface area contributed by atoms with Crippen molar-refractivity contribution in [2.24, 2.45) is 0 Å². The molecule has 1 aliphatic heterocycles. The predicted octanol–water partition coefficient (Wildman–Crippen LogP) is 4.64. The van der Waals surface area contributed by atoms with Gasteiger partial charge in [0, 0.05) is 16.8 Å². The normalized spacial score (nSPS) is 13.9. The van der Waals surface area contributed by atoms with Gasteiger partial charge in [-0.1, -0.05) is 48.5 Å². The highest BCUT2D eigenvalue weighted by Crippen LogP contribution is 2.32. The van der Waals surface area contributed by atoms with Crippen LogP contribution in [0.15, 0.2) is 78.9 Å². The number of carbonyl (C=O) groups excluding carboxylic acids is 1. The third-order valence-electron chi connectivity index (χ3n) is 4.27. The predicted molar refractivity (Wildman–Crippen MR) is 107 cm³/mol. The van der Waals surface area contributed by atoms with Gasteiger partial charge in [-0.05, 0) is 42.0 Å². The van der Waals surface area contributed by atoms with Gasteiger partial charge in [0.25, 0.3) is 5.91 Å². The number of amides is 1. The molecule has 0 saturated carbocycles. The number of para-hydroxylation sites is 2. The van der Waals surface area contributed by atoms with Crippen LogP contribution < -0.4 is 14.8 Å². The molecule has 0 spiro atoms. The lowest BCUT2D eigenvalue weighted by Gasteiger charge is -2.08. The highest BCUT2D eigenvalue weighted by Gasteiger charge is 2.23. The Morgan fingerprint density at radius 3 is 2.11 bits per heavy atom. The van der Waals surface area contributed by atoms with Crippen molar-refractivity contribution in [2.75, 3.05) is 18.5 Å². The van der Waals surface area contributed by atoms with Crippen LogP contribution in [-0.2, 0) is 4.79 Å². The Balaban J connectivity index is 1.36. The molecule has 0 unspecified atom stereocenters. The summed E-state index contributed by atoms with van der Waals surface area (Å²) in [5.41, 5.74) is 3.41. The lowest BCUT2D eigenvalue weighted by Crippen LogP contribution is -2.08. The average Bonchev–Trinajstić information content (AvgIpc) is 3.03. The number of benzene rings is 3. The molecule has 4 rings (SSSR count). The van der Waals surface area contributed by atoms with Gasteiger partial charge in [0.05, 0.1) is 0 Å². The van der Waals surface area contributed by atoms with E-state index in [1.807, 2.05) is 84.9 Å². The fourth-order valence-corrected chi connectivity index (χ4v) is 2.94. The van der Waals surface area contributed by atoms with Gasteiger partial charge >= 0.3 is 0 Å². The number of rotatable bonds is 6. The van der Waals surface area contributed by atoms with Gasteiger partial charge in [-0.2, -0.15) is 0 Å². The summed E-state index contributed by atoms with van der Waals surface area (Å²) >= 11 is 0. The van der Waals surface area contributed by atoms with Gasteiger partial charge in [-0.3, -0.25) is 4.79 Å². The molecule has 0 aromatic heterocycles. The van der Waals surface area contributed by atoms with E-state index in [0.717, 1.165) is 28.3 Å². The van der Waals surface area contributed by atoms with E-state index in [-0.39, 0.29) is 5.91 Å². The lowest BCUT2D eigenvalue weighted by molar-refractivity contribution is -0.110. The number of fused-ring (bicyclic) bond motifs is 1. The summed E-state index contributed by atoms with van der Waals surface area (Å²) in [5, 5.41) is 2.88. The summed E-state index contributed by atoms with van der Waals surface area (Å²) in [7, 11) is 0. The van der Waals surface area contributed by atoms with Crippen LogP contribution in [0.5, 0.6) is 11.5 Å². The zero-order valence-electron chi connectivity index (χ0n) is 14.7. The fraction of sp³-hybridized carbons (Fsp3) is 0.0870. The van der Waals surface area contributed by atoms with Crippen LogP contribution in [0.2, 0.25) is 0 Å². The van der Waals surface area contributed by atoms with E-state index in [1.54, 1.807) is 0 Å². The maximum Gasteiger partial charge on any atom is 0.256 e. The van der Waals surface area contributed by atoms with Gasteiger partial charge in [0.15, 0.2) is 0 Å². The number of carbonyl (C=O) groups is 1. The van der Waals surface area contributed by atoms with Crippen molar-refractivity contribution in [3.05, 3.63) is 90.0 Å². The van der Waals surface area contributed by atoms with Crippen LogP contribution >= 0.6 is 0 Å². The maximum absolute atomic E-state index is 12.2. The summed E-state index contributed by atoms with van der Waals surface area (Å²) in [6, 6.07) is 25.0. The number of hydrogen-bond donors (Lipinski definition) is 1. The first-order chi connectivity index (χ1) is 13.3. The van der Waals surface area contributed by atoms with Gasteiger partial charge in [-0.15, -0.1) is 0 Å². The second-order valence-electron chi connectivity index (χ2n) is 6.14. The van der Waals surface area contributed by atoms with Crippen molar-refractivity contribution in [1.82, 2.24) is 0 Å². The van der Waals surface area contributed by atoms with Crippen molar-refractivity contribution in [1.29, 1.82) is 0 Å². The Bertz CT molecular complexity index is 962. The largest absolute Gasteiger partial charge is 0.490 e. The number of ether oxygens (including phenoxy) is 2. The molecular formula is C23H19NO3. The standard InChI is InChI=1S/C23H19NO3/c25-23-21(20-8-4-5-9-22(20)24-23)16-17-10-12-19(13-11-17)27-15-14-26-18-6-2-1-3-7-18/h1-13,16H,14-15H2,(H,24,25)/b21-16+. The molecule has 1 heterocycles. The number of hydrogen-bond acceptors (Lipinski definition) is 3. The van der Waals surface area contributed by atoms with Gasteiger partial charge in [0.2, 0.25) is 0 Å². The van der Waals surface area contributed by atoms with Gasteiger partial charge < -0.3 is 14.8 Å². The quantitative estimate of drug-likeness (QED) is 0.516. The smallest absolute Gasteiger partial charge is 0.256 e. The Morgan fingerprint density at radius 2 is 1.37 bits per heavy atom. The zero-order valence-corrected chi connectivity index (χ0v) is 14.7. The van der Waals surface area contributed by atoms with Crippen LogP contribution in [0.25, 0.3) is 11.6 Å². The van der Waals surface area contributed by atoms with Gasteiger partial charge in [0.1, 0.15) is 24.7 Å². The first-order valence-corrected chi connectivity index (χ1v) is 8.83. The van der Waals surface area contributed by atoms with E-state index >= 15 is 0 Å². The minimum atomic E-state index is -0.0745. The molecule has 1 amide bonds. The third-order valence-corrected chi connectivity index (χ3v) is 4.27. The van der Waals surface area contributed by atoms with Crippen molar-refractivity contribution >= 4 is 23.2 Å². The fourth-order valence-electron chi connectivity index (χ4n) is 2.94. The molecule has 0 atom stereocenters. The molecule has 4 nitrogen and oxygen atoms in total. The average molecular weight is 357 g/mol. The Morgan fingerprint density at radius 1 is 0.741 bits per heavy atom. The number of nitrogens with one attached hydrogen (secondary N) is 1. The highest BCUT2D eigenvalue weighted by atomic mass is 16.5. The molecule has 134 valence electrons. The molecule has 3 aromatic carbocycles. The van der Waals surface area contributed by atoms with Crippen LogP contribution in [0.1, 0.15) is 11.1 Å². The summed E-state index contributed by atoms with van der Waals surface area (Å²) in [4.78, 5) is 12.2. The minimum Gasteiger partial charge on any atom is -0.490 e. The zero-order chi connectivity index (χ0) is 18.5. The van der Waals surface area contributed by atoms with Crippen LogP contribution in [0.4, 0.5) is 5.69 Å². The molecule has 0 radical (unpaired) electrons. The minimum absolute atomic E-state index is 0.0745. The molecular weight excluding hydrogens is 338 g/mol. The van der Waals surface area contributed by atoms with Crippen molar-refractivity contribution < 1.29 is 14.3 Å². The lowest BCUT2D eigenvalue weighted by atomic mass is 10.0. The summed E-state index contributed by atoms with van der Waals surface area (Å²) in [6.07, 6.45) is 1.89. The summed E-state index contributed by atoms with van der Waals surface area (Å²) < 4.78 is 11.3. The highest BCUT2D eigenvalue weighted by molar-refractivity contribution is 6.34. The molecule has 1 N–H and O–H groups in total. The third kappa shape index (κ3) is 4.01. The first-order valence-electron chi connectivity index (χ1n) is 8.83. The van der Waals surface area contributed by atoms with E-state index in [1.165, 1.54) is 0 Å². The van der Waals surface area contributed by atoms with Crippen LogP contribution in [-0.4, -0.2) is 19.1 Å². The molecule has 0 fully saturated rings. The van der Waals surface area contributed by atoms with E-state index < -0.39 is 0 Å². The Kier molecular flexibility index (Phi) is 4.88. The van der Waals surface area contributed by atoms with E-state index in [9.17, 15) is 4.79 Å². The second kappa shape index (κ2) is 7.79. The van der Waals surface area contributed by atoms with Gasteiger partial charge in [-0.25, -0.2) is 0 Å². The number of anilines is 1. The van der Waals surface area contributed by atoms with Crippen LogP contribution in [0, 0.1) is 0 Å². The Labute approximate surface area is 158 Å². The van der Waals surface area contributed by atoms with Crippen molar-refractivity contribution in [3.8, 4) is 11.5 Å². The molecule has 0 aliphatic carbocycles. The molecule has 1 aliphatic rings.